The second-order valence-electron chi connectivity index (χ2n) is 3.48. The topological polar surface area (TPSA) is 57.5 Å². The SMILES string of the molecule is C/C(=C\C(=O)O)c1ccc(C[C@@H](C)O)s1. The Labute approximate surface area is 92.7 Å². The average molecular weight is 226 g/mol. The van der Waals surface area contributed by atoms with E-state index >= 15 is 0 Å². The first-order valence-corrected chi connectivity index (χ1v) is 5.49. The lowest BCUT2D eigenvalue weighted by Gasteiger charge is -1.99. The summed E-state index contributed by atoms with van der Waals surface area (Å²) in [6.45, 7) is 3.51. The molecule has 1 rings (SSSR count). The molecule has 4 heteroatoms. The van der Waals surface area contributed by atoms with E-state index < -0.39 is 5.97 Å². The number of carbonyl (C=O) groups is 1. The summed E-state index contributed by atoms with van der Waals surface area (Å²) >= 11 is 1.52. The van der Waals surface area contributed by atoms with Gasteiger partial charge in [0.25, 0.3) is 0 Å². The molecular formula is C11H14O3S. The quantitative estimate of drug-likeness (QED) is 0.773. The van der Waals surface area contributed by atoms with E-state index in [1.807, 2.05) is 12.1 Å². The Hall–Kier alpha value is -1.13. The van der Waals surface area contributed by atoms with Crippen molar-refractivity contribution >= 4 is 22.9 Å². The second kappa shape index (κ2) is 5.09. The van der Waals surface area contributed by atoms with Gasteiger partial charge in [0.1, 0.15) is 0 Å². The van der Waals surface area contributed by atoms with Crippen LogP contribution >= 0.6 is 11.3 Å². The standard InChI is InChI=1S/C11H14O3S/c1-7(5-11(13)14)10-4-3-9(15-10)6-8(2)12/h3-5,8,12H,6H2,1-2H3,(H,13,14)/b7-5+/t8-/m1/s1. The van der Waals surface area contributed by atoms with Crippen molar-refractivity contribution in [2.45, 2.75) is 26.4 Å². The Morgan fingerprint density at radius 1 is 1.60 bits per heavy atom. The highest BCUT2D eigenvalue weighted by Crippen LogP contribution is 2.24. The van der Waals surface area contributed by atoms with Crippen molar-refractivity contribution in [3.05, 3.63) is 28.0 Å². The molecule has 1 heterocycles. The van der Waals surface area contributed by atoms with E-state index in [2.05, 4.69) is 0 Å². The van der Waals surface area contributed by atoms with Gasteiger partial charge in [-0.1, -0.05) is 0 Å². The minimum atomic E-state index is -0.932. The van der Waals surface area contributed by atoms with Crippen molar-refractivity contribution in [1.29, 1.82) is 0 Å². The first-order valence-electron chi connectivity index (χ1n) is 4.67. The molecule has 0 spiro atoms. The first kappa shape index (κ1) is 11.9. The second-order valence-corrected chi connectivity index (χ2v) is 4.65. The van der Waals surface area contributed by atoms with Crippen molar-refractivity contribution in [2.24, 2.45) is 0 Å². The van der Waals surface area contributed by atoms with E-state index in [0.717, 1.165) is 15.3 Å². The number of rotatable bonds is 4. The van der Waals surface area contributed by atoms with Gasteiger partial charge in [-0.3, -0.25) is 0 Å². The van der Waals surface area contributed by atoms with Gasteiger partial charge in [-0.05, 0) is 31.6 Å². The fourth-order valence-electron chi connectivity index (χ4n) is 1.25. The van der Waals surface area contributed by atoms with Crippen LogP contribution in [-0.2, 0) is 11.2 Å². The maximum absolute atomic E-state index is 10.5. The molecule has 82 valence electrons. The van der Waals surface area contributed by atoms with Crippen LogP contribution in [0.15, 0.2) is 18.2 Å². The Balaban J connectivity index is 2.80. The van der Waals surface area contributed by atoms with Crippen LogP contribution in [0.3, 0.4) is 0 Å². The molecule has 0 aliphatic rings. The highest BCUT2D eigenvalue weighted by molar-refractivity contribution is 7.13. The molecule has 0 unspecified atom stereocenters. The van der Waals surface area contributed by atoms with Crippen molar-refractivity contribution in [3.8, 4) is 0 Å². The summed E-state index contributed by atoms with van der Waals surface area (Å²) in [5, 5.41) is 17.8. The Kier molecular flexibility index (Phi) is 4.05. The third kappa shape index (κ3) is 3.85. The van der Waals surface area contributed by atoms with Gasteiger partial charge in [0.2, 0.25) is 0 Å². The molecule has 0 aromatic carbocycles. The molecule has 15 heavy (non-hydrogen) atoms. The van der Waals surface area contributed by atoms with Crippen molar-refractivity contribution < 1.29 is 15.0 Å². The third-order valence-electron chi connectivity index (χ3n) is 1.89. The molecule has 0 radical (unpaired) electrons. The fraction of sp³-hybridized carbons (Fsp3) is 0.364. The van der Waals surface area contributed by atoms with Gasteiger partial charge >= 0.3 is 5.97 Å². The number of thiophene rings is 1. The molecule has 0 fully saturated rings. The Morgan fingerprint density at radius 3 is 2.80 bits per heavy atom. The van der Waals surface area contributed by atoms with E-state index in [-0.39, 0.29) is 6.10 Å². The first-order chi connectivity index (χ1) is 6.99. The van der Waals surface area contributed by atoms with E-state index in [9.17, 15) is 9.90 Å². The minimum absolute atomic E-state index is 0.361. The summed E-state index contributed by atoms with van der Waals surface area (Å²) in [6, 6.07) is 3.81. The normalized spacial score (nSPS) is 13.9. The van der Waals surface area contributed by atoms with Gasteiger partial charge in [0.15, 0.2) is 0 Å². The highest BCUT2D eigenvalue weighted by atomic mass is 32.1. The lowest BCUT2D eigenvalue weighted by Crippen LogP contribution is -2.01. The van der Waals surface area contributed by atoms with Crippen LogP contribution in [0, 0.1) is 0 Å². The van der Waals surface area contributed by atoms with Crippen molar-refractivity contribution in [2.75, 3.05) is 0 Å². The minimum Gasteiger partial charge on any atom is -0.478 e. The fourth-order valence-corrected chi connectivity index (χ4v) is 2.35. The largest absolute Gasteiger partial charge is 0.478 e. The van der Waals surface area contributed by atoms with Gasteiger partial charge in [0, 0.05) is 22.3 Å². The molecule has 0 saturated heterocycles. The van der Waals surface area contributed by atoms with E-state index in [1.54, 1.807) is 13.8 Å². The Morgan fingerprint density at radius 2 is 2.27 bits per heavy atom. The molecule has 1 aromatic rings. The maximum Gasteiger partial charge on any atom is 0.328 e. The molecule has 0 amide bonds. The number of aliphatic carboxylic acids is 1. The number of hydrogen-bond donors (Lipinski definition) is 2. The molecular weight excluding hydrogens is 212 g/mol. The number of carboxylic acid groups (broad SMARTS) is 1. The van der Waals surface area contributed by atoms with Crippen LogP contribution in [0.25, 0.3) is 5.57 Å². The molecule has 0 aliphatic carbocycles. The number of carboxylic acids is 1. The summed E-state index contributed by atoms with van der Waals surface area (Å²) < 4.78 is 0. The maximum atomic E-state index is 10.5. The van der Waals surface area contributed by atoms with Crippen LogP contribution in [-0.4, -0.2) is 22.3 Å². The van der Waals surface area contributed by atoms with Gasteiger partial charge in [-0.15, -0.1) is 11.3 Å². The van der Waals surface area contributed by atoms with Crippen LogP contribution < -0.4 is 0 Å². The number of hydrogen-bond acceptors (Lipinski definition) is 3. The number of aliphatic hydroxyl groups excluding tert-OH is 1. The number of allylic oxidation sites excluding steroid dienone is 1. The van der Waals surface area contributed by atoms with Crippen LogP contribution in [0.1, 0.15) is 23.6 Å². The van der Waals surface area contributed by atoms with Crippen molar-refractivity contribution in [3.63, 3.8) is 0 Å². The van der Waals surface area contributed by atoms with Gasteiger partial charge in [-0.2, -0.15) is 0 Å². The summed E-state index contributed by atoms with van der Waals surface area (Å²) in [5.41, 5.74) is 0.740. The van der Waals surface area contributed by atoms with Crippen molar-refractivity contribution in [1.82, 2.24) is 0 Å². The van der Waals surface area contributed by atoms with Crippen LogP contribution in [0.5, 0.6) is 0 Å². The zero-order valence-electron chi connectivity index (χ0n) is 8.73. The molecule has 3 nitrogen and oxygen atoms in total. The average Bonchev–Trinajstić information content (AvgIpc) is 2.50. The van der Waals surface area contributed by atoms with Crippen LogP contribution in [0.2, 0.25) is 0 Å². The predicted octanol–water partition coefficient (Wildman–Crippen LogP) is 2.16. The molecule has 1 aromatic heterocycles. The zero-order valence-corrected chi connectivity index (χ0v) is 9.54. The van der Waals surface area contributed by atoms with E-state index in [4.69, 9.17) is 5.11 Å². The molecule has 0 aliphatic heterocycles. The van der Waals surface area contributed by atoms with E-state index in [1.165, 1.54) is 17.4 Å². The van der Waals surface area contributed by atoms with Gasteiger partial charge < -0.3 is 10.2 Å². The third-order valence-corrected chi connectivity index (χ3v) is 3.13. The summed E-state index contributed by atoms with van der Waals surface area (Å²) in [6.07, 6.45) is 1.45. The van der Waals surface area contributed by atoms with Gasteiger partial charge in [-0.25, -0.2) is 4.79 Å². The summed E-state index contributed by atoms with van der Waals surface area (Å²) in [7, 11) is 0. The van der Waals surface area contributed by atoms with E-state index in [0.29, 0.717) is 6.42 Å². The lowest BCUT2D eigenvalue weighted by molar-refractivity contribution is -0.131. The zero-order chi connectivity index (χ0) is 11.4. The molecule has 2 N–H and O–H groups in total. The smallest absolute Gasteiger partial charge is 0.328 e. The van der Waals surface area contributed by atoms with Gasteiger partial charge in [0.05, 0.1) is 6.10 Å². The highest BCUT2D eigenvalue weighted by Gasteiger charge is 2.05. The Bertz CT molecular complexity index is 377. The predicted molar refractivity (Wildman–Crippen MR) is 61.0 cm³/mol. The van der Waals surface area contributed by atoms with Crippen LogP contribution in [0.4, 0.5) is 0 Å². The molecule has 0 saturated carbocycles. The number of aliphatic hydroxyl groups is 1. The monoisotopic (exact) mass is 226 g/mol. The lowest BCUT2D eigenvalue weighted by atomic mass is 10.2. The molecule has 1 atom stereocenters. The summed E-state index contributed by atoms with van der Waals surface area (Å²) in [5.74, 6) is -0.932. The molecule has 0 bridgehead atoms. The summed E-state index contributed by atoms with van der Waals surface area (Å²) in [4.78, 5) is 12.5.